The van der Waals surface area contributed by atoms with Gasteiger partial charge in [0.05, 0.1) is 5.54 Å². The van der Waals surface area contributed by atoms with Crippen LogP contribution in [0.2, 0.25) is 0 Å². The minimum absolute atomic E-state index is 0.271. The van der Waals surface area contributed by atoms with Gasteiger partial charge in [-0.3, -0.25) is 0 Å². The summed E-state index contributed by atoms with van der Waals surface area (Å²) >= 11 is 0. The highest BCUT2D eigenvalue weighted by Gasteiger charge is 2.27. The lowest BCUT2D eigenvalue weighted by molar-refractivity contribution is 0.299. The highest BCUT2D eigenvalue weighted by molar-refractivity contribution is 5.12. The number of terminal acetylenes is 1. The van der Waals surface area contributed by atoms with Crippen LogP contribution in [-0.2, 0) is 0 Å². The van der Waals surface area contributed by atoms with Crippen molar-refractivity contribution in [3.63, 3.8) is 0 Å². The first-order valence-corrected chi connectivity index (χ1v) is 3.93. The molecule has 1 nitrogen and oxygen atoms in total. The molecule has 2 N–H and O–H groups in total. The van der Waals surface area contributed by atoms with Crippen molar-refractivity contribution >= 4 is 0 Å². The highest BCUT2D eigenvalue weighted by atomic mass is 14.7. The number of rotatable bonds is 0. The molecule has 0 aromatic rings. The molecule has 1 heteroatoms. The first kappa shape index (κ1) is 7.63. The smallest absolute Gasteiger partial charge is 0.0773 e. The maximum atomic E-state index is 5.88. The molecule has 1 aliphatic rings. The van der Waals surface area contributed by atoms with Gasteiger partial charge in [0.25, 0.3) is 0 Å². The Kier molecular flexibility index (Phi) is 2.01. The second-order valence-corrected chi connectivity index (χ2v) is 3.48. The molecule has 0 aliphatic heterocycles. The van der Waals surface area contributed by atoms with E-state index in [1.807, 2.05) is 0 Å². The molecule has 1 aliphatic carbocycles. The van der Waals surface area contributed by atoms with E-state index in [4.69, 9.17) is 12.2 Å². The molecule has 0 bridgehead atoms. The van der Waals surface area contributed by atoms with Crippen molar-refractivity contribution in [3.05, 3.63) is 0 Å². The first-order valence-electron chi connectivity index (χ1n) is 3.93. The van der Waals surface area contributed by atoms with Crippen LogP contribution < -0.4 is 5.73 Å². The van der Waals surface area contributed by atoms with Gasteiger partial charge in [-0.2, -0.15) is 0 Å². The van der Waals surface area contributed by atoms with Crippen molar-refractivity contribution in [3.8, 4) is 12.3 Å². The van der Waals surface area contributed by atoms with Crippen LogP contribution in [0.3, 0.4) is 0 Å². The van der Waals surface area contributed by atoms with E-state index < -0.39 is 0 Å². The Morgan fingerprint density at radius 2 is 2.00 bits per heavy atom. The molecule has 56 valence electrons. The van der Waals surface area contributed by atoms with Crippen molar-refractivity contribution in [1.29, 1.82) is 0 Å². The lowest BCUT2D eigenvalue weighted by Crippen LogP contribution is -2.41. The zero-order valence-corrected chi connectivity index (χ0v) is 6.56. The fraction of sp³-hybridized carbons (Fsp3) is 0.778. The van der Waals surface area contributed by atoms with E-state index in [-0.39, 0.29) is 5.54 Å². The minimum atomic E-state index is -0.271. The van der Waals surface area contributed by atoms with Crippen LogP contribution >= 0.6 is 0 Å². The summed E-state index contributed by atoms with van der Waals surface area (Å²) in [5, 5.41) is 0. The highest BCUT2D eigenvalue weighted by Crippen LogP contribution is 2.29. The van der Waals surface area contributed by atoms with Gasteiger partial charge in [-0.15, -0.1) is 6.42 Å². The van der Waals surface area contributed by atoms with E-state index in [1.54, 1.807) is 0 Å². The molecule has 0 unspecified atom stereocenters. The summed E-state index contributed by atoms with van der Waals surface area (Å²) in [5.41, 5.74) is 5.61. The third-order valence-electron chi connectivity index (χ3n) is 2.45. The first-order chi connectivity index (χ1) is 4.66. The lowest BCUT2D eigenvalue weighted by Gasteiger charge is -2.31. The lowest BCUT2D eigenvalue weighted by atomic mass is 9.78. The molecule has 0 radical (unpaired) electrons. The van der Waals surface area contributed by atoms with Gasteiger partial charge in [0.1, 0.15) is 0 Å². The van der Waals surface area contributed by atoms with Crippen LogP contribution in [-0.4, -0.2) is 5.54 Å². The van der Waals surface area contributed by atoms with Gasteiger partial charge < -0.3 is 5.73 Å². The summed E-state index contributed by atoms with van der Waals surface area (Å²) in [6, 6.07) is 0. The summed E-state index contributed by atoms with van der Waals surface area (Å²) in [4.78, 5) is 0. The Balaban J connectivity index is 2.48. The van der Waals surface area contributed by atoms with Crippen LogP contribution in [0.25, 0.3) is 0 Å². The third kappa shape index (κ3) is 1.52. The van der Waals surface area contributed by atoms with E-state index in [9.17, 15) is 0 Å². The Labute approximate surface area is 63.0 Å². The standard InChI is InChI=1S/C9H15N/c1-3-9(10)6-4-8(2)5-7-9/h1,8H,4-7,10H2,2H3. The molecule has 0 heterocycles. The van der Waals surface area contributed by atoms with Crippen molar-refractivity contribution in [2.24, 2.45) is 11.7 Å². The van der Waals surface area contributed by atoms with Gasteiger partial charge >= 0.3 is 0 Å². The maximum Gasteiger partial charge on any atom is 0.0773 e. The topological polar surface area (TPSA) is 26.0 Å². The Bertz CT molecular complexity index is 147. The summed E-state index contributed by atoms with van der Waals surface area (Å²) in [6.45, 7) is 2.26. The van der Waals surface area contributed by atoms with E-state index in [0.717, 1.165) is 18.8 Å². The SMILES string of the molecule is C#CC1(N)CCC(C)CC1. The molecule has 1 rings (SSSR count). The molecule has 1 fully saturated rings. The minimum Gasteiger partial charge on any atom is -0.315 e. The van der Waals surface area contributed by atoms with Crippen LogP contribution in [0.1, 0.15) is 32.6 Å². The van der Waals surface area contributed by atoms with Gasteiger partial charge in [-0.05, 0) is 31.6 Å². The summed E-state index contributed by atoms with van der Waals surface area (Å²) in [5.74, 6) is 3.50. The molecule has 0 aromatic carbocycles. The Morgan fingerprint density at radius 3 is 2.40 bits per heavy atom. The normalized spacial score (nSPS) is 40.7. The molecule has 1 saturated carbocycles. The van der Waals surface area contributed by atoms with Crippen molar-refractivity contribution in [2.45, 2.75) is 38.1 Å². The molecule has 0 atom stereocenters. The van der Waals surface area contributed by atoms with Crippen LogP contribution in [0, 0.1) is 18.3 Å². The second-order valence-electron chi connectivity index (χ2n) is 3.48. The number of hydrogen-bond acceptors (Lipinski definition) is 1. The summed E-state index contributed by atoms with van der Waals surface area (Å²) < 4.78 is 0. The molecular formula is C9H15N. The number of hydrogen-bond donors (Lipinski definition) is 1. The van der Waals surface area contributed by atoms with Crippen LogP contribution in [0.5, 0.6) is 0 Å². The average Bonchev–Trinajstić information content (AvgIpc) is 1.96. The number of nitrogens with two attached hydrogens (primary N) is 1. The Hall–Kier alpha value is -0.480. The van der Waals surface area contributed by atoms with Gasteiger partial charge in [0, 0.05) is 0 Å². The predicted molar refractivity (Wildman–Crippen MR) is 43.4 cm³/mol. The maximum absolute atomic E-state index is 5.88. The van der Waals surface area contributed by atoms with E-state index in [2.05, 4.69) is 12.8 Å². The van der Waals surface area contributed by atoms with Crippen molar-refractivity contribution in [2.75, 3.05) is 0 Å². The van der Waals surface area contributed by atoms with Crippen LogP contribution in [0.4, 0.5) is 0 Å². The van der Waals surface area contributed by atoms with Gasteiger partial charge in [0.15, 0.2) is 0 Å². The molecular weight excluding hydrogens is 122 g/mol. The fourth-order valence-electron chi connectivity index (χ4n) is 1.42. The Morgan fingerprint density at radius 1 is 1.50 bits per heavy atom. The zero-order chi connectivity index (χ0) is 7.61. The third-order valence-corrected chi connectivity index (χ3v) is 2.45. The van der Waals surface area contributed by atoms with Gasteiger partial charge in [0.2, 0.25) is 0 Å². The van der Waals surface area contributed by atoms with E-state index in [0.29, 0.717) is 0 Å². The molecule has 10 heavy (non-hydrogen) atoms. The van der Waals surface area contributed by atoms with E-state index >= 15 is 0 Å². The van der Waals surface area contributed by atoms with Crippen molar-refractivity contribution < 1.29 is 0 Å². The summed E-state index contributed by atoms with van der Waals surface area (Å²) in [6.07, 6.45) is 9.71. The fourth-order valence-corrected chi connectivity index (χ4v) is 1.42. The van der Waals surface area contributed by atoms with Gasteiger partial charge in [-0.1, -0.05) is 12.8 Å². The quantitative estimate of drug-likeness (QED) is 0.503. The van der Waals surface area contributed by atoms with Crippen molar-refractivity contribution in [1.82, 2.24) is 0 Å². The molecule has 0 aromatic heterocycles. The summed E-state index contributed by atoms with van der Waals surface area (Å²) in [7, 11) is 0. The van der Waals surface area contributed by atoms with E-state index in [1.165, 1.54) is 12.8 Å². The van der Waals surface area contributed by atoms with Gasteiger partial charge in [-0.25, -0.2) is 0 Å². The second kappa shape index (κ2) is 2.64. The van der Waals surface area contributed by atoms with Crippen LogP contribution in [0.15, 0.2) is 0 Å². The molecule has 0 saturated heterocycles. The largest absolute Gasteiger partial charge is 0.315 e. The molecule has 0 amide bonds. The predicted octanol–water partition coefficient (Wildman–Crippen LogP) is 1.53. The monoisotopic (exact) mass is 137 g/mol. The molecule has 0 spiro atoms. The zero-order valence-electron chi connectivity index (χ0n) is 6.56. The average molecular weight is 137 g/mol.